The first-order valence-electron chi connectivity index (χ1n) is 6.80. The molecule has 0 bridgehead atoms. The lowest BCUT2D eigenvalue weighted by molar-refractivity contribution is 0.0397. The molecule has 3 nitrogen and oxygen atoms in total. The van der Waals surface area contributed by atoms with Gasteiger partial charge in [0.25, 0.3) is 0 Å². The topological polar surface area (TPSA) is 44.5 Å². The van der Waals surface area contributed by atoms with E-state index in [-0.39, 0.29) is 0 Å². The molecule has 0 radical (unpaired) electrons. The standard InChI is InChI=1S/C15H25NO2/c1-2-3-10-17-11-12-18-13-15-6-4-14(5-7-15)8-9-16/h4-7H,2-3,8-13,16H2,1H3. The lowest BCUT2D eigenvalue weighted by atomic mass is 10.1. The van der Waals surface area contributed by atoms with Gasteiger partial charge in [0.05, 0.1) is 19.8 Å². The zero-order valence-electron chi connectivity index (χ0n) is 11.4. The van der Waals surface area contributed by atoms with Crippen molar-refractivity contribution in [3.63, 3.8) is 0 Å². The fourth-order valence-corrected chi connectivity index (χ4v) is 1.63. The molecule has 1 aromatic carbocycles. The maximum absolute atomic E-state index is 5.55. The zero-order valence-corrected chi connectivity index (χ0v) is 11.4. The number of hydrogen-bond donors (Lipinski definition) is 1. The van der Waals surface area contributed by atoms with Gasteiger partial charge in [0.1, 0.15) is 0 Å². The molecule has 0 atom stereocenters. The van der Waals surface area contributed by atoms with E-state index in [1.165, 1.54) is 17.5 Å². The molecule has 3 heteroatoms. The number of rotatable bonds is 10. The molecule has 0 aromatic heterocycles. The first-order valence-corrected chi connectivity index (χ1v) is 6.80. The molecule has 102 valence electrons. The molecule has 0 fully saturated rings. The molecule has 0 spiro atoms. The first kappa shape index (κ1) is 15.2. The molecule has 0 saturated carbocycles. The number of nitrogens with two attached hydrogens (primary N) is 1. The Hall–Kier alpha value is -0.900. The van der Waals surface area contributed by atoms with E-state index in [2.05, 4.69) is 31.2 Å². The van der Waals surface area contributed by atoms with Gasteiger partial charge >= 0.3 is 0 Å². The highest BCUT2D eigenvalue weighted by Gasteiger charge is 1.95. The van der Waals surface area contributed by atoms with E-state index in [1.54, 1.807) is 0 Å². The highest BCUT2D eigenvalue weighted by molar-refractivity contribution is 5.22. The first-order chi connectivity index (χ1) is 8.86. The third-order valence-corrected chi connectivity index (χ3v) is 2.74. The smallest absolute Gasteiger partial charge is 0.0718 e. The van der Waals surface area contributed by atoms with Gasteiger partial charge in [-0.2, -0.15) is 0 Å². The second kappa shape index (κ2) is 10.1. The largest absolute Gasteiger partial charge is 0.379 e. The second-order valence-corrected chi connectivity index (χ2v) is 4.37. The Morgan fingerprint density at radius 2 is 1.61 bits per heavy atom. The van der Waals surface area contributed by atoms with Crippen LogP contribution >= 0.6 is 0 Å². The van der Waals surface area contributed by atoms with Gasteiger partial charge in [0.15, 0.2) is 0 Å². The summed E-state index contributed by atoms with van der Waals surface area (Å²) in [5, 5.41) is 0. The molecule has 1 rings (SSSR count). The SMILES string of the molecule is CCCCOCCOCc1ccc(CCN)cc1. The quantitative estimate of drug-likeness (QED) is 0.650. The third kappa shape index (κ3) is 6.74. The molecule has 18 heavy (non-hydrogen) atoms. The second-order valence-electron chi connectivity index (χ2n) is 4.37. The van der Waals surface area contributed by atoms with Crippen LogP contribution in [0, 0.1) is 0 Å². The van der Waals surface area contributed by atoms with Gasteiger partial charge in [0, 0.05) is 6.61 Å². The molecule has 1 aromatic rings. The van der Waals surface area contributed by atoms with E-state index in [1.807, 2.05) is 0 Å². The highest BCUT2D eigenvalue weighted by Crippen LogP contribution is 2.06. The lowest BCUT2D eigenvalue weighted by Crippen LogP contribution is -2.05. The van der Waals surface area contributed by atoms with Crippen LogP contribution in [0.5, 0.6) is 0 Å². The molecule has 0 amide bonds. The van der Waals surface area contributed by atoms with Crippen molar-refractivity contribution in [3.8, 4) is 0 Å². The summed E-state index contributed by atoms with van der Waals surface area (Å²) in [6.45, 7) is 5.70. The summed E-state index contributed by atoms with van der Waals surface area (Å²) >= 11 is 0. The summed E-state index contributed by atoms with van der Waals surface area (Å²) in [6, 6.07) is 8.43. The lowest BCUT2D eigenvalue weighted by Gasteiger charge is -2.06. The van der Waals surface area contributed by atoms with Gasteiger partial charge in [-0.1, -0.05) is 37.6 Å². The van der Waals surface area contributed by atoms with E-state index in [9.17, 15) is 0 Å². The van der Waals surface area contributed by atoms with Crippen molar-refractivity contribution < 1.29 is 9.47 Å². The predicted molar refractivity (Wildman–Crippen MR) is 74.6 cm³/mol. The Labute approximate surface area is 110 Å². The van der Waals surface area contributed by atoms with Crippen LogP contribution in [0.15, 0.2) is 24.3 Å². The fraction of sp³-hybridized carbons (Fsp3) is 0.600. The average Bonchev–Trinajstić information content (AvgIpc) is 2.40. The molecule has 0 aliphatic carbocycles. The number of hydrogen-bond acceptors (Lipinski definition) is 3. The predicted octanol–water partition coefficient (Wildman–Crippen LogP) is 2.52. The fourth-order valence-electron chi connectivity index (χ4n) is 1.63. The van der Waals surface area contributed by atoms with Gasteiger partial charge in [-0.05, 0) is 30.5 Å². The van der Waals surface area contributed by atoms with Crippen LogP contribution < -0.4 is 5.73 Å². The van der Waals surface area contributed by atoms with Gasteiger partial charge in [-0.25, -0.2) is 0 Å². The monoisotopic (exact) mass is 251 g/mol. The molecular weight excluding hydrogens is 226 g/mol. The normalized spacial score (nSPS) is 10.8. The number of unbranched alkanes of at least 4 members (excludes halogenated alkanes) is 1. The molecule has 0 saturated heterocycles. The van der Waals surface area contributed by atoms with Crippen molar-refractivity contribution >= 4 is 0 Å². The summed E-state index contributed by atoms with van der Waals surface area (Å²) in [6.07, 6.45) is 3.24. The Kier molecular flexibility index (Phi) is 8.47. The van der Waals surface area contributed by atoms with Crippen LogP contribution in [0.3, 0.4) is 0 Å². The van der Waals surface area contributed by atoms with Crippen LogP contribution in [0.2, 0.25) is 0 Å². The molecule has 0 aliphatic heterocycles. The zero-order chi connectivity index (χ0) is 13.1. The van der Waals surface area contributed by atoms with Gasteiger partial charge < -0.3 is 15.2 Å². The average molecular weight is 251 g/mol. The van der Waals surface area contributed by atoms with Crippen molar-refractivity contribution in [2.24, 2.45) is 5.73 Å². The van der Waals surface area contributed by atoms with E-state index in [4.69, 9.17) is 15.2 Å². The minimum absolute atomic E-state index is 0.653. The summed E-state index contributed by atoms with van der Waals surface area (Å²) in [5.41, 5.74) is 7.99. The maximum atomic E-state index is 5.55. The summed E-state index contributed by atoms with van der Waals surface area (Å²) in [4.78, 5) is 0. The van der Waals surface area contributed by atoms with Gasteiger partial charge in [0.2, 0.25) is 0 Å². The molecule has 0 aliphatic rings. The number of benzene rings is 1. The van der Waals surface area contributed by atoms with Crippen molar-refractivity contribution in [2.75, 3.05) is 26.4 Å². The minimum atomic E-state index is 0.653. The van der Waals surface area contributed by atoms with Crippen molar-refractivity contribution in [3.05, 3.63) is 35.4 Å². The van der Waals surface area contributed by atoms with E-state index < -0.39 is 0 Å². The number of ether oxygens (including phenoxy) is 2. The van der Waals surface area contributed by atoms with Crippen molar-refractivity contribution in [1.82, 2.24) is 0 Å². The Balaban J connectivity index is 2.08. The summed E-state index contributed by atoms with van der Waals surface area (Å²) in [5.74, 6) is 0. The summed E-state index contributed by atoms with van der Waals surface area (Å²) < 4.78 is 11.0. The maximum Gasteiger partial charge on any atom is 0.0718 e. The van der Waals surface area contributed by atoms with E-state index in [0.29, 0.717) is 26.4 Å². The molecule has 2 N–H and O–H groups in total. The molecule has 0 unspecified atom stereocenters. The third-order valence-electron chi connectivity index (χ3n) is 2.74. The molecule has 0 heterocycles. The minimum Gasteiger partial charge on any atom is -0.379 e. The van der Waals surface area contributed by atoms with E-state index in [0.717, 1.165) is 19.4 Å². The van der Waals surface area contributed by atoms with Crippen molar-refractivity contribution in [2.45, 2.75) is 32.8 Å². The highest BCUT2D eigenvalue weighted by atomic mass is 16.5. The van der Waals surface area contributed by atoms with Crippen LogP contribution in [0.25, 0.3) is 0 Å². The van der Waals surface area contributed by atoms with Crippen LogP contribution in [-0.2, 0) is 22.5 Å². The summed E-state index contributed by atoms with van der Waals surface area (Å²) in [7, 11) is 0. The van der Waals surface area contributed by atoms with Gasteiger partial charge in [-0.15, -0.1) is 0 Å². The van der Waals surface area contributed by atoms with Crippen LogP contribution in [0.4, 0.5) is 0 Å². The van der Waals surface area contributed by atoms with Crippen LogP contribution in [0.1, 0.15) is 30.9 Å². The van der Waals surface area contributed by atoms with Gasteiger partial charge in [-0.3, -0.25) is 0 Å². The Morgan fingerprint density at radius 3 is 2.28 bits per heavy atom. The Morgan fingerprint density at radius 1 is 0.944 bits per heavy atom. The van der Waals surface area contributed by atoms with Crippen molar-refractivity contribution in [1.29, 1.82) is 0 Å². The molecular formula is C15H25NO2. The Bertz CT molecular complexity index is 298. The van der Waals surface area contributed by atoms with Crippen LogP contribution in [-0.4, -0.2) is 26.4 Å². The van der Waals surface area contributed by atoms with E-state index >= 15 is 0 Å².